The van der Waals surface area contributed by atoms with Crippen LogP contribution >= 0.6 is 11.6 Å². The van der Waals surface area contributed by atoms with Gasteiger partial charge in [0.05, 0.1) is 12.2 Å². The van der Waals surface area contributed by atoms with Gasteiger partial charge in [0.25, 0.3) is 11.8 Å². The van der Waals surface area contributed by atoms with Gasteiger partial charge < -0.3 is 15.4 Å². The van der Waals surface area contributed by atoms with Crippen LogP contribution in [0.25, 0.3) is 0 Å². The Bertz CT molecular complexity index is 790. The van der Waals surface area contributed by atoms with Gasteiger partial charge in [0, 0.05) is 22.8 Å². The maximum absolute atomic E-state index is 12.6. The number of carbonyl (C=O) groups excluding carboxylic acids is 2. The number of hydrogen-bond acceptors (Lipinski definition) is 3. The minimum atomic E-state index is -0.351. The number of rotatable bonds is 7. The van der Waals surface area contributed by atoms with E-state index in [2.05, 4.69) is 10.6 Å². The number of carbonyl (C=O) groups is 2. The zero-order valence-electron chi connectivity index (χ0n) is 15.1. The molecule has 0 heterocycles. The second-order valence-corrected chi connectivity index (χ2v) is 6.65. The number of halogens is 1. The van der Waals surface area contributed by atoms with Crippen molar-refractivity contribution in [3.8, 4) is 5.75 Å². The van der Waals surface area contributed by atoms with E-state index in [4.69, 9.17) is 16.3 Å². The molecule has 2 N–H and O–H groups in total. The summed E-state index contributed by atoms with van der Waals surface area (Å²) < 4.78 is 5.48. The molecule has 0 aliphatic heterocycles. The Hall–Kier alpha value is -2.53. The predicted molar refractivity (Wildman–Crippen MR) is 104 cm³/mol. The molecule has 0 unspecified atom stereocenters. The summed E-state index contributed by atoms with van der Waals surface area (Å²) >= 11 is 6.00. The van der Waals surface area contributed by atoms with E-state index in [1.165, 1.54) is 0 Å². The highest BCUT2D eigenvalue weighted by Crippen LogP contribution is 2.24. The monoisotopic (exact) mass is 374 g/mol. The Labute approximate surface area is 158 Å². The molecule has 0 spiro atoms. The third-order valence-electron chi connectivity index (χ3n) is 3.54. The standard InChI is InChI=1S/C20H23ClN2O3/c1-4-26-18-9-8-15(21)11-17(18)20(25)23-16-7-5-6-14(10-16)19(24)22-12-13(2)3/h5-11,13H,4,12H2,1-3H3,(H,22,24)(H,23,25). The summed E-state index contributed by atoms with van der Waals surface area (Å²) in [5.74, 6) is 0.296. The third kappa shape index (κ3) is 5.49. The van der Waals surface area contributed by atoms with Gasteiger partial charge in [0.2, 0.25) is 0 Å². The SMILES string of the molecule is CCOc1ccc(Cl)cc1C(=O)Nc1cccc(C(=O)NCC(C)C)c1. The van der Waals surface area contributed by atoms with Crippen LogP contribution in [0.4, 0.5) is 5.69 Å². The summed E-state index contributed by atoms with van der Waals surface area (Å²) in [6.07, 6.45) is 0. The van der Waals surface area contributed by atoms with Crippen LogP contribution in [0.5, 0.6) is 5.75 Å². The molecular formula is C20H23ClN2O3. The van der Waals surface area contributed by atoms with Crippen molar-refractivity contribution in [1.82, 2.24) is 5.32 Å². The highest BCUT2D eigenvalue weighted by molar-refractivity contribution is 6.31. The fraction of sp³-hybridized carbons (Fsp3) is 0.300. The Balaban J connectivity index is 2.16. The van der Waals surface area contributed by atoms with E-state index in [1.54, 1.807) is 42.5 Å². The molecule has 0 saturated carbocycles. The zero-order chi connectivity index (χ0) is 19.1. The molecule has 5 nitrogen and oxygen atoms in total. The average Bonchev–Trinajstić information content (AvgIpc) is 2.61. The first-order valence-electron chi connectivity index (χ1n) is 8.52. The van der Waals surface area contributed by atoms with Crippen molar-refractivity contribution < 1.29 is 14.3 Å². The molecule has 0 atom stereocenters. The predicted octanol–water partition coefficient (Wildman–Crippen LogP) is 4.38. The lowest BCUT2D eigenvalue weighted by atomic mass is 10.1. The van der Waals surface area contributed by atoms with Crippen LogP contribution < -0.4 is 15.4 Å². The van der Waals surface area contributed by atoms with Gasteiger partial charge in [0.1, 0.15) is 5.75 Å². The minimum Gasteiger partial charge on any atom is -0.493 e. The highest BCUT2D eigenvalue weighted by Gasteiger charge is 2.14. The van der Waals surface area contributed by atoms with Gasteiger partial charge in [-0.1, -0.05) is 31.5 Å². The lowest BCUT2D eigenvalue weighted by Gasteiger charge is -2.12. The van der Waals surface area contributed by atoms with Gasteiger partial charge in [-0.25, -0.2) is 0 Å². The maximum atomic E-state index is 12.6. The van der Waals surface area contributed by atoms with Crippen LogP contribution in [0.3, 0.4) is 0 Å². The fourth-order valence-electron chi connectivity index (χ4n) is 2.30. The Morgan fingerprint density at radius 1 is 1.12 bits per heavy atom. The largest absolute Gasteiger partial charge is 0.493 e. The molecule has 2 aromatic rings. The average molecular weight is 375 g/mol. The van der Waals surface area contributed by atoms with E-state index in [-0.39, 0.29) is 11.8 Å². The van der Waals surface area contributed by atoms with E-state index in [0.29, 0.717) is 46.7 Å². The lowest BCUT2D eigenvalue weighted by Crippen LogP contribution is -2.27. The van der Waals surface area contributed by atoms with Crippen molar-refractivity contribution in [2.45, 2.75) is 20.8 Å². The molecule has 0 bridgehead atoms. The summed E-state index contributed by atoms with van der Waals surface area (Å²) in [6.45, 7) is 6.92. The molecule has 2 rings (SSSR count). The molecule has 138 valence electrons. The van der Waals surface area contributed by atoms with Crippen molar-refractivity contribution in [3.05, 3.63) is 58.6 Å². The molecule has 0 aliphatic carbocycles. The van der Waals surface area contributed by atoms with Crippen molar-refractivity contribution in [2.24, 2.45) is 5.92 Å². The van der Waals surface area contributed by atoms with Gasteiger partial charge >= 0.3 is 0 Å². The fourth-order valence-corrected chi connectivity index (χ4v) is 2.47. The smallest absolute Gasteiger partial charge is 0.259 e. The van der Waals surface area contributed by atoms with Crippen LogP contribution in [-0.2, 0) is 0 Å². The van der Waals surface area contributed by atoms with E-state index < -0.39 is 0 Å². The van der Waals surface area contributed by atoms with Crippen molar-refractivity contribution in [3.63, 3.8) is 0 Å². The number of anilines is 1. The van der Waals surface area contributed by atoms with E-state index >= 15 is 0 Å². The molecule has 0 fully saturated rings. The quantitative estimate of drug-likeness (QED) is 0.755. The molecule has 26 heavy (non-hydrogen) atoms. The van der Waals surface area contributed by atoms with Crippen molar-refractivity contribution in [1.29, 1.82) is 0 Å². The number of amides is 2. The topological polar surface area (TPSA) is 67.4 Å². The minimum absolute atomic E-state index is 0.174. The molecule has 0 radical (unpaired) electrons. The first-order chi connectivity index (χ1) is 12.4. The van der Waals surface area contributed by atoms with Crippen LogP contribution in [0.1, 0.15) is 41.5 Å². The first-order valence-corrected chi connectivity index (χ1v) is 8.90. The molecule has 0 saturated heterocycles. The van der Waals surface area contributed by atoms with Crippen molar-refractivity contribution >= 4 is 29.1 Å². The van der Waals surface area contributed by atoms with Gasteiger partial charge in [0.15, 0.2) is 0 Å². The van der Waals surface area contributed by atoms with Crippen LogP contribution in [0, 0.1) is 5.92 Å². The Kier molecular flexibility index (Phi) is 7.04. The molecule has 2 aromatic carbocycles. The molecule has 2 amide bonds. The van der Waals surface area contributed by atoms with Gasteiger partial charge in [-0.3, -0.25) is 9.59 Å². The summed E-state index contributed by atoms with van der Waals surface area (Å²) in [4.78, 5) is 24.8. The van der Waals surface area contributed by atoms with E-state index in [1.807, 2.05) is 20.8 Å². The highest BCUT2D eigenvalue weighted by atomic mass is 35.5. The number of nitrogens with one attached hydrogen (secondary N) is 2. The third-order valence-corrected chi connectivity index (χ3v) is 3.77. The zero-order valence-corrected chi connectivity index (χ0v) is 15.9. The van der Waals surface area contributed by atoms with Crippen molar-refractivity contribution in [2.75, 3.05) is 18.5 Å². The molecule has 0 aromatic heterocycles. The van der Waals surface area contributed by atoms with E-state index in [0.717, 1.165) is 0 Å². The van der Waals surface area contributed by atoms with Crippen LogP contribution in [0.15, 0.2) is 42.5 Å². The number of ether oxygens (including phenoxy) is 1. The van der Waals surface area contributed by atoms with Gasteiger partial charge in [-0.2, -0.15) is 0 Å². The van der Waals surface area contributed by atoms with Crippen LogP contribution in [-0.4, -0.2) is 25.0 Å². The number of benzene rings is 2. The molecule has 6 heteroatoms. The van der Waals surface area contributed by atoms with Gasteiger partial charge in [-0.05, 0) is 49.2 Å². The summed E-state index contributed by atoms with van der Waals surface area (Å²) in [5, 5.41) is 6.09. The summed E-state index contributed by atoms with van der Waals surface area (Å²) in [6, 6.07) is 11.7. The summed E-state index contributed by atoms with van der Waals surface area (Å²) in [5.41, 5.74) is 1.35. The number of hydrogen-bond donors (Lipinski definition) is 2. The second kappa shape index (κ2) is 9.25. The normalized spacial score (nSPS) is 10.5. The molecular weight excluding hydrogens is 352 g/mol. The summed E-state index contributed by atoms with van der Waals surface area (Å²) in [7, 11) is 0. The Morgan fingerprint density at radius 3 is 2.58 bits per heavy atom. The van der Waals surface area contributed by atoms with Gasteiger partial charge in [-0.15, -0.1) is 0 Å². The first kappa shape index (κ1) is 19.8. The van der Waals surface area contributed by atoms with E-state index in [9.17, 15) is 9.59 Å². The Morgan fingerprint density at radius 2 is 1.88 bits per heavy atom. The second-order valence-electron chi connectivity index (χ2n) is 6.21. The lowest BCUT2D eigenvalue weighted by molar-refractivity contribution is 0.0947. The molecule has 0 aliphatic rings. The van der Waals surface area contributed by atoms with Crippen LogP contribution in [0.2, 0.25) is 5.02 Å². The maximum Gasteiger partial charge on any atom is 0.259 e.